The van der Waals surface area contributed by atoms with Crippen LogP contribution in [0.5, 0.6) is 0 Å². The maximum Gasteiger partial charge on any atom is 0.248 e. The molecule has 6 nitrogen and oxygen atoms in total. The Hall–Kier alpha value is -2.67. The van der Waals surface area contributed by atoms with E-state index in [9.17, 15) is 14.4 Å². The molecule has 2 atom stereocenters. The van der Waals surface area contributed by atoms with E-state index < -0.39 is 12.0 Å². The Bertz CT molecular complexity index is 900. The minimum atomic E-state index is -0.816. The van der Waals surface area contributed by atoms with Gasteiger partial charge in [0.2, 0.25) is 11.8 Å². The van der Waals surface area contributed by atoms with E-state index >= 15 is 0 Å². The SMILES string of the molecule is O=C1C[C@H](C(=O)N(c2ccccc2)[C@H](C(=O)NC2CCCC2)c2ccncc2)CS1. The Morgan fingerprint density at radius 3 is 2.40 bits per heavy atom. The van der Waals surface area contributed by atoms with E-state index in [-0.39, 0.29) is 29.4 Å². The van der Waals surface area contributed by atoms with E-state index in [1.165, 1.54) is 11.8 Å². The molecule has 0 radical (unpaired) electrons. The first-order valence-electron chi connectivity index (χ1n) is 10.4. The molecular weight excluding hydrogens is 398 g/mol. The minimum absolute atomic E-state index is 0.0252. The van der Waals surface area contributed by atoms with Crippen molar-refractivity contribution >= 4 is 34.4 Å². The fraction of sp³-hybridized carbons (Fsp3) is 0.391. The highest BCUT2D eigenvalue weighted by Crippen LogP contribution is 2.34. The number of para-hydroxylation sites is 1. The number of carbonyl (C=O) groups excluding carboxylic acids is 3. The fourth-order valence-electron chi connectivity index (χ4n) is 4.17. The van der Waals surface area contributed by atoms with Crippen LogP contribution in [0.3, 0.4) is 0 Å². The number of amides is 2. The maximum absolute atomic E-state index is 13.6. The van der Waals surface area contributed by atoms with E-state index in [2.05, 4.69) is 10.3 Å². The number of rotatable bonds is 6. The Morgan fingerprint density at radius 2 is 1.77 bits per heavy atom. The van der Waals surface area contributed by atoms with E-state index in [1.54, 1.807) is 29.4 Å². The molecule has 156 valence electrons. The summed E-state index contributed by atoms with van der Waals surface area (Å²) in [7, 11) is 0. The lowest BCUT2D eigenvalue weighted by atomic mass is 9.99. The van der Waals surface area contributed by atoms with Crippen molar-refractivity contribution in [1.82, 2.24) is 10.3 Å². The molecule has 1 aromatic carbocycles. The summed E-state index contributed by atoms with van der Waals surface area (Å²) in [5.41, 5.74) is 1.35. The molecule has 30 heavy (non-hydrogen) atoms. The Morgan fingerprint density at radius 1 is 1.07 bits per heavy atom. The number of aromatic nitrogens is 1. The summed E-state index contributed by atoms with van der Waals surface area (Å²) in [6.07, 6.45) is 7.60. The monoisotopic (exact) mass is 423 g/mol. The molecule has 0 spiro atoms. The Kier molecular flexibility index (Phi) is 6.47. The molecule has 2 heterocycles. The van der Waals surface area contributed by atoms with E-state index in [0.29, 0.717) is 17.0 Å². The van der Waals surface area contributed by atoms with Crippen LogP contribution in [0.1, 0.15) is 43.7 Å². The largest absolute Gasteiger partial charge is 0.351 e. The number of nitrogens with one attached hydrogen (secondary N) is 1. The van der Waals surface area contributed by atoms with Crippen LogP contribution in [0.2, 0.25) is 0 Å². The number of nitrogens with zero attached hydrogens (tertiary/aromatic N) is 2. The quantitative estimate of drug-likeness (QED) is 0.769. The van der Waals surface area contributed by atoms with Crippen molar-refractivity contribution in [3.05, 3.63) is 60.4 Å². The number of benzene rings is 1. The molecule has 1 saturated heterocycles. The molecule has 2 fully saturated rings. The van der Waals surface area contributed by atoms with Crippen molar-refractivity contribution < 1.29 is 14.4 Å². The van der Waals surface area contributed by atoms with Gasteiger partial charge >= 0.3 is 0 Å². The molecule has 2 aromatic rings. The van der Waals surface area contributed by atoms with Crippen LogP contribution in [0.15, 0.2) is 54.9 Å². The van der Waals surface area contributed by atoms with Crippen LogP contribution in [-0.2, 0) is 14.4 Å². The first kappa shape index (κ1) is 20.6. The number of anilines is 1. The van der Waals surface area contributed by atoms with Gasteiger partial charge < -0.3 is 5.32 Å². The molecule has 1 aliphatic carbocycles. The first-order chi connectivity index (χ1) is 14.6. The van der Waals surface area contributed by atoms with Gasteiger partial charge in [-0.1, -0.05) is 42.8 Å². The van der Waals surface area contributed by atoms with Crippen molar-refractivity contribution in [3.63, 3.8) is 0 Å². The van der Waals surface area contributed by atoms with Crippen molar-refractivity contribution in [1.29, 1.82) is 0 Å². The number of pyridine rings is 1. The fourth-order valence-corrected chi connectivity index (χ4v) is 5.14. The third-order valence-corrected chi connectivity index (χ3v) is 6.77. The number of thioether (sulfide) groups is 1. The highest BCUT2D eigenvalue weighted by molar-refractivity contribution is 8.14. The van der Waals surface area contributed by atoms with Gasteiger partial charge in [-0.2, -0.15) is 0 Å². The van der Waals surface area contributed by atoms with Crippen molar-refractivity contribution in [3.8, 4) is 0 Å². The summed E-state index contributed by atoms with van der Waals surface area (Å²) in [5.74, 6) is -0.356. The van der Waals surface area contributed by atoms with Gasteiger partial charge in [0.25, 0.3) is 0 Å². The molecule has 2 aliphatic rings. The van der Waals surface area contributed by atoms with Crippen molar-refractivity contribution in [2.75, 3.05) is 10.7 Å². The minimum Gasteiger partial charge on any atom is -0.351 e. The molecule has 0 unspecified atom stereocenters. The van der Waals surface area contributed by atoms with Gasteiger partial charge in [-0.05, 0) is 42.7 Å². The van der Waals surface area contributed by atoms with Gasteiger partial charge in [0.05, 0.1) is 5.92 Å². The Balaban J connectivity index is 1.73. The average molecular weight is 424 g/mol. The van der Waals surface area contributed by atoms with Crippen LogP contribution < -0.4 is 10.2 Å². The van der Waals surface area contributed by atoms with Gasteiger partial charge in [-0.3, -0.25) is 24.3 Å². The topological polar surface area (TPSA) is 79.4 Å². The average Bonchev–Trinajstić information content (AvgIpc) is 3.44. The molecule has 2 amide bonds. The zero-order valence-corrected chi connectivity index (χ0v) is 17.5. The van der Waals surface area contributed by atoms with Gasteiger partial charge in [-0.15, -0.1) is 0 Å². The number of hydrogen-bond donors (Lipinski definition) is 1. The second-order valence-corrected chi connectivity index (χ2v) is 8.88. The van der Waals surface area contributed by atoms with Crippen LogP contribution >= 0.6 is 11.8 Å². The smallest absolute Gasteiger partial charge is 0.248 e. The van der Waals surface area contributed by atoms with Gasteiger partial charge in [0.15, 0.2) is 5.12 Å². The summed E-state index contributed by atoms with van der Waals surface area (Å²) in [6, 6.07) is 12.1. The number of carbonyl (C=O) groups is 3. The molecular formula is C23H25N3O3S. The lowest BCUT2D eigenvalue weighted by Gasteiger charge is -2.33. The summed E-state index contributed by atoms with van der Waals surface area (Å²) >= 11 is 1.19. The van der Waals surface area contributed by atoms with Gasteiger partial charge in [0, 0.05) is 36.3 Å². The van der Waals surface area contributed by atoms with Gasteiger partial charge in [-0.25, -0.2) is 0 Å². The molecule has 1 N–H and O–H groups in total. The molecule has 1 aromatic heterocycles. The van der Waals surface area contributed by atoms with E-state index in [0.717, 1.165) is 25.7 Å². The molecule has 0 bridgehead atoms. The maximum atomic E-state index is 13.6. The second kappa shape index (κ2) is 9.43. The third-order valence-electron chi connectivity index (χ3n) is 5.71. The molecule has 1 saturated carbocycles. The zero-order valence-electron chi connectivity index (χ0n) is 16.7. The lowest BCUT2D eigenvalue weighted by molar-refractivity contribution is -0.129. The summed E-state index contributed by atoms with van der Waals surface area (Å²) in [5, 5.41) is 3.18. The summed E-state index contributed by atoms with van der Waals surface area (Å²) < 4.78 is 0. The first-order valence-corrected chi connectivity index (χ1v) is 11.4. The van der Waals surface area contributed by atoms with Crippen LogP contribution in [0.25, 0.3) is 0 Å². The molecule has 1 aliphatic heterocycles. The normalized spacial score (nSPS) is 20.1. The van der Waals surface area contributed by atoms with Crippen LogP contribution in [-0.4, -0.2) is 33.7 Å². The van der Waals surface area contributed by atoms with Crippen molar-refractivity contribution in [2.45, 2.75) is 44.2 Å². The van der Waals surface area contributed by atoms with Crippen LogP contribution in [0.4, 0.5) is 5.69 Å². The third kappa shape index (κ3) is 4.56. The van der Waals surface area contributed by atoms with Gasteiger partial charge in [0.1, 0.15) is 6.04 Å². The predicted molar refractivity (Wildman–Crippen MR) is 117 cm³/mol. The Labute approximate surface area is 180 Å². The zero-order chi connectivity index (χ0) is 20.9. The van der Waals surface area contributed by atoms with E-state index in [4.69, 9.17) is 0 Å². The predicted octanol–water partition coefficient (Wildman–Crippen LogP) is 3.49. The van der Waals surface area contributed by atoms with E-state index in [1.807, 2.05) is 30.3 Å². The second-order valence-electron chi connectivity index (χ2n) is 7.80. The highest BCUT2D eigenvalue weighted by Gasteiger charge is 2.39. The summed E-state index contributed by atoms with van der Waals surface area (Å²) in [4.78, 5) is 44.6. The summed E-state index contributed by atoms with van der Waals surface area (Å²) in [6.45, 7) is 0. The highest BCUT2D eigenvalue weighted by atomic mass is 32.2. The standard InChI is InChI=1S/C23H25N3O3S/c27-20-14-17(15-30-20)23(29)26(19-8-2-1-3-9-19)21(16-10-12-24-13-11-16)22(28)25-18-6-4-5-7-18/h1-3,8-13,17-18,21H,4-7,14-15H2,(H,25,28)/t17-,21-/m0/s1. The van der Waals surface area contributed by atoms with Crippen LogP contribution in [0, 0.1) is 5.92 Å². The lowest BCUT2D eigenvalue weighted by Crippen LogP contribution is -2.48. The van der Waals surface area contributed by atoms with Crippen molar-refractivity contribution in [2.24, 2.45) is 5.92 Å². The number of hydrogen-bond acceptors (Lipinski definition) is 5. The molecule has 7 heteroatoms. The molecule has 4 rings (SSSR count).